The molecule has 0 saturated heterocycles. The van der Waals surface area contributed by atoms with Gasteiger partial charge in [-0.15, -0.1) is 0 Å². The van der Waals surface area contributed by atoms with Crippen LogP contribution in [0.3, 0.4) is 0 Å². The molecule has 0 aromatic heterocycles. The average Bonchev–Trinajstić information content (AvgIpc) is 3.99. The lowest BCUT2D eigenvalue weighted by Crippen LogP contribution is -2.26. The lowest BCUT2D eigenvalue weighted by atomic mass is 9.70. The highest BCUT2D eigenvalue weighted by molar-refractivity contribution is 6.26. The van der Waals surface area contributed by atoms with Gasteiger partial charge in [0, 0.05) is 22.2 Å². The molecule has 1 heteroatoms. The third-order valence-electron chi connectivity index (χ3n) is 16.5. The Morgan fingerprint density at radius 1 is 0.254 bits per heavy atom. The highest BCUT2D eigenvalue weighted by Crippen LogP contribution is 2.64. The van der Waals surface area contributed by atoms with Crippen molar-refractivity contribution in [2.45, 2.75) is 24.7 Å². The van der Waals surface area contributed by atoms with E-state index in [4.69, 9.17) is 0 Å². The van der Waals surface area contributed by atoms with Gasteiger partial charge in [0.2, 0.25) is 0 Å². The third kappa shape index (κ3) is 5.46. The van der Waals surface area contributed by atoms with Gasteiger partial charge in [0.25, 0.3) is 0 Å². The van der Waals surface area contributed by atoms with Crippen molar-refractivity contribution < 1.29 is 0 Å². The zero-order valence-corrected chi connectivity index (χ0v) is 39.6. The lowest BCUT2D eigenvalue weighted by Gasteiger charge is -2.34. The maximum atomic E-state index is 2.60. The highest BCUT2D eigenvalue weighted by Gasteiger charge is 2.52. The summed E-state index contributed by atoms with van der Waals surface area (Å²) >= 11 is 0. The molecule has 0 atom stereocenters. The van der Waals surface area contributed by atoms with Crippen molar-refractivity contribution in [2.75, 3.05) is 4.90 Å². The van der Waals surface area contributed by atoms with E-state index < -0.39 is 5.41 Å². The van der Waals surface area contributed by atoms with Crippen LogP contribution in [0.2, 0.25) is 0 Å². The van der Waals surface area contributed by atoms with Gasteiger partial charge in [-0.25, -0.2) is 0 Å². The fraction of sp³-hybridized carbons (Fsp3) is 0.0571. The molecule has 0 amide bonds. The lowest BCUT2D eigenvalue weighted by molar-refractivity contribution is 0.660. The zero-order chi connectivity index (χ0) is 47.0. The summed E-state index contributed by atoms with van der Waals surface area (Å²) in [4.78, 5) is 2.59. The van der Waals surface area contributed by atoms with E-state index in [1.54, 1.807) is 0 Å². The molecule has 332 valence electrons. The second-order valence-electron chi connectivity index (χ2n) is 20.3. The Morgan fingerprint density at radius 3 is 1.32 bits per heavy atom. The molecule has 0 unspecified atom stereocenters. The molecule has 0 bridgehead atoms. The van der Waals surface area contributed by atoms with E-state index in [9.17, 15) is 0 Å². The summed E-state index contributed by atoms with van der Waals surface area (Å²) in [5, 5.41) is 7.55. The van der Waals surface area contributed by atoms with Gasteiger partial charge in [-0.2, -0.15) is 0 Å². The minimum absolute atomic E-state index is 0.113. The first-order chi connectivity index (χ1) is 35.0. The van der Waals surface area contributed by atoms with Gasteiger partial charge >= 0.3 is 0 Å². The van der Waals surface area contributed by atoms with Crippen molar-refractivity contribution in [1.82, 2.24) is 0 Å². The van der Waals surface area contributed by atoms with Crippen LogP contribution in [-0.4, -0.2) is 0 Å². The van der Waals surface area contributed by atoms with Crippen molar-refractivity contribution in [3.05, 3.63) is 282 Å². The second-order valence-corrected chi connectivity index (χ2v) is 20.3. The predicted octanol–water partition coefficient (Wildman–Crippen LogP) is 18.6. The number of rotatable bonds is 5. The Bertz CT molecular complexity index is 4130. The smallest absolute Gasteiger partial charge is 0.0726 e. The molecule has 0 N–H and O–H groups in total. The summed E-state index contributed by atoms with van der Waals surface area (Å²) in [6.45, 7) is 4.75. The fourth-order valence-electron chi connectivity index (χ4n) is 13.4. The SMILES string of the molecule is CC1(C)c2ccccc2-c2cc(-c3cc4c(cc3N(c3ccc5c6ccccc6c6ccccc6c5c3)c3ccccc3-c3ccccc3)C3(c5ccccc5-c5ccccc53)c3ccccc3-4)ccc21. The number of fused-ring (bicyclic) bond motifs is 19. The number of hydrogen-bond donors (Lipinski definition) is 0. The summed E-state index contributed by atoms with van der Waals surface area (Å²) in [5.74, 6) is 0. The molecular weight excluding hydrogens is 855 g/mol. The topological polar surface area (TPSA) is 3.24 Å². The van der Waals surface area contributed by atoms with E-state index in [0.717, 1.165) is 17.1 Å². The van der Waals surface area contributed by atoms with Crippen molar-refractivity contribution >= 4 is 49.4 Å². The largest absolute Gasteiger partial charge is 0.309 e. The molecule has 0 heterocycles. The number of nitrogens with zero attached hydrogens (tertiary/aromatic N) is 1. The Hall–Kier alpha value is -8.78. The minimum Gasteiger partial charge on any atom is -0.309 e. The van der Waals surface area contributed by atoms with Gasteiger partial charge in [0.15, 0.2) is 0 Å². The van der Waals surface area contributed by atoms with Gasteiger partial charge in [-0.05, 0) is 147 Å². The Balaban J connectivity index is 1.10. The van der Waals surface area contributed by atoms with Crippen LogP contribution in [0.5, 0.6) is 0 Å². The summed E-state index contributed by atoms with van der Waals surface area (Å²) < 4.78 is 0. The van der Waals surface area contributed by atoms with Crippen LogP contribution in [0.25, 0.3) is 88.0 Å². The van der Waals surface area contributed by atoms with Gasteiger partial charge in [-0.1, -0.05) is 226 Å². The average molecular weight is 902 g/mol. The molecule has 0 fully saturated rings. The number of para-hydroxylation sites is 1. The summed E-state index contributed by atoms with van der Waals surface area (Å²) in [7, 11) is 0. The van der Waals surface area contributed by atoms with Crippen molar-refractivity contribution in [1.29, 1.82) is 0 Å². The van der Waals surface area contributed by atoms with Crippen LogP contribution in [0.1, 0.15) is 47.2 Å². The molecule has 1 spiro atoms. The quantitative estimate of drug-likeness (QED) is 0.156. The molecule has 15 rings (SSSR count). The number of benzene rings is 12. The molecule has 3 aliphatic carbocycles. The summed E-state index contributed by atoms with van der Waals surface area (Å²) in [6.07, 6.45) is 0. The van der Waals surface area contributed by atoms with E-state index in [2.05, 4.69) is 267 Å². The summed E-state index contributed by atoms with van der Waals surface area (Å²) in [6, 6.07) is 94.0. The fourth-order valence-corrected chi connectivity index (χ4v) is 13.4. The number of anilines is 3. The van der Waals surface area contributed by atoms with Gasteiger partial charge in [-0.3, -0.25) is 0 Å². The van der Waals surface area contributed by atoms with E-state index in [1.165, 1.54) is 121 Å². The highest BCUT2D eigenvalue weighted by atomic mass is 15.1. The predicted molar refractivity (Wildman–Crippen MR) is 298 cm³/mol. The van der Waals surface area contributed by atoms with Crippen LogP contribution in [0.4, 0.5) is 17.1 Å². The second kappa shape index (κ2) is 14.9. The van der Waals surface area contributed by atoms with Gasteiger partial charge in [0.1, 0.15) is 0 Å². The van der Waals surface area contributed by atoms with E-state index in [-0.39, 0.29) is 5.41 Å². The zero-order valence-electron chi connectivity index (χ0n) is 39.6. The third-order valence-corrected chi connectivity index (χ3v) is 16.5. The Kier molecular flexibility index (Phi) is 8.40. The summed E-state index contributed by atoms with van der Waals surface area (Å²) in [5.41, 5.74) is 23.3. The molecule has 1 nitrogen and oxygen atoms in total. The normalized spacial score (nSPS) is 14.0. The van der Waals surface area contributed by atoms with Crippen molar-refractivity contribution in [3.63, 3.8) is 0 Å². The molecule has 12 aromatic carbocycles. The standard InChI is InChI=1S/C70H47N/c1-69(2)61-31-15-10-29-55(61)59-40-45(36-39-62(59)69)57-42-60-56-30-13-18-34-65(56)70(63-32-16-11-27-53(63)54-28-12-17-33-64(54)70)66(60)43-68(57)71(67-35-19-14-22-47(67)44-20-4-3-5-21-44)46-37-38-52-50-25-7-6-23-48(50)49-24-8-9-26-51(49)58(52)41-46/h3-43H,1-2H3. The van der Waals surface area contributed by atoms with Crippen molar-refractivity contribution in [3.8, 4) is 55.6 Å². The molecule has 0 saturated carbocycles. The minimum atomic E-state index is -0.531. The molecule has 0 radical (unpaired) electrons. The number of hydrogen-bond acceptors (Lipinski definition) is 1. The van der Waals surface area contributed by atoms with E-state index >= 15 is 0 Å². The van der Waals surface area contributed by atoms with Crippen LogP contribution in [0, 0.1) is 0 Å². The van der Waals surface area contributed by atoms with Crippen LogP contribution in [0.15, 0.2) is 249 Å². The molecule has 0 aliphatic heterocycles. The van der Waals surface area contributed by atoms with Gasteiger partial charge in [0.05, 0.1) is 16.8 Å². The van der Waals surface area contributed by atoms with Crippen LogP contribution in [-0.2, 0) is 10.8 Å². The molecule has 3 aliphatic rings. The van der Waals surface area contributed by atoms with Crippen LogP contribution < -0.4 is 4.90 Å². The molecule has 12 aromatic rings. The van der Waals surface area contributed by atoms with E-state index in [1.807, 2.05) is 0 Å². The maximum Gasteiger partial charge on any atom is 0.0726 e. The van der Waals surface area contributed by atoms with Crippen molar-refractivity contribution in [2.24, 2.45) is 0 Å². The first kappa shape index (κ1) is 40.1. The first-order valence-corrected chi connectivity index (χ1v) is 25.0. The molecular formula is C70H47N. The monoisotopic (exact) mass is 901 g/mol. The van der Waals surface area contributed by atoms with Crippen LogP contribution >= 0.6 is 0 Å². The van der Waals surface area contributed by atoms with Gasteiger partial charge < -0.3 is 4.90 Å². The Morgan fingerprint density at radius 2 is 0.704 bits per heavy atom. The maximum absolute atomic E-state index is 2.60. The molecule has 71 heavy (non-hydrogen) atoms. The Labute approximate surface area is 414 Å². The first-order valence-electron chi connectivity index (χ1n) is 25.0. The van der Waals surface area contributed by atoms with E-state index in [0.29, 0.717) is 0 Å².